The zero-order valence-corrected chi connectivity index (χ0v) is 8.07. The lowest BCUT2D eigenvalue weighted by atomic mass is 9.92. The van der Waals surface area contributed by atoms with E-state index in [1.54, 1.807) is 12.1 Å². The quantitative estimate of drug-likeness (QED) is 0.726. The maximum Gasteiger partial charge on any atom is 0.150 e. The van der Waals surface area contributed by atoms with Crippen LogP contribution in [0, 0.1) is 0 Å². The molecule has 0 aliphatic heterocycles. The lowest BCUT2D eigenvalue weighted by molar-refractivity contribution is 0.0444. The van der Waals surface area contributed by atoms with E-state index in [1.807, 2.05) is 12.1 Å². The van der Waals surface area contributed by atoms with E-state index in [9.17, 15) is 9.90 Å². The van der Waals surface area contributed by atoms with E-state index in [0.29, 0.717) is 5.56 Å². The van der Waals surface area contributed by atoms with Crippen molar-refractivity contribution in [2.75, 3.05) is 0 Å². The summed E-state index contributed by atoms with van der Waals surface area (Å²) in [7, 11) is 0. The zero-order valence-electron chi connectivity index (χ0n) is 8.07. The topological polar surface area (TPSA) is 37.3 Å². The number of aldehydes is 1. The standard InChI is InChI=1S/C12H14O2/c13-9-10-3-5-11(6-4-10)12(14)7-1-2-8-12/h3-6,9,14H,1-2,7-8H2. The Kier molecular flexibility index (Phi) is 2.38. The molecule has 2 nitrogen and oxygen atoms in total. The average molecular weight is 190 g/mol. The van der Waals surface area contributed by atoms with Gasteiger partial charge in [0.05, 0.1) is 5.60 Å². The molecule has 0 radical (unpaired) electrons. The smallest absolute Gasteiger partial charge is 0.150 e. The Morgan fingerprint density at radius 2 is 1.71 bits per heavy atom. The Bertz CT molecular complexity index is 321. The number of rotatable bonds is 2. The third-order valence-corrected chi connectivity index (χ3v) is 3.01. The highest BCUT2D eigenvalue weighted by Gasteiger charge is 2.32. The van der Waals surface area contributed by atoms with E-state index in [2.05, 4.69) is 0 Å². The lowest BCUT2D eigenvalue weighted by Crippen LogP contribution is -2.20. The number of hydrogen-bond acceptors (Lipinski definition) is 2. The number of benzene rings is 1. The Balaban J connectivity index is 2.27. The molecule has 0 atom stereocenters. The van der Waals surface area contributed by atoms with E-state index in [0.717, 1.165) is 37.5 Å². The van der Waals surface area contributed by atoms with Gasteiger partial charge in [0.25, 0.3) is 0 Å². The first kappa shape index (κ1) is 9.41. The van der Waals surface area contributed by atoms with Crippen LogP contribution in [0.2, 0.25) is 0 Å². The van der Waals surface area contributed by atoms with Gasteiger partial charge in [-0.2, -0.15) is 0 Å². The van der Waals surface area contributed by atoms with E-state index >= 15 is 0 Å². The molecule has 1 aliphatic carbocycles. The molecule has 0 spiro atoms. The van der Waals surface area contributed by atoms with E-state index in [1.165, 1.54) is 0 Å². The van der Waals surface area contributed by atoms with Crippen LogP contribution >= 0.6 is 0 Å². The van der Waals surface area contributed by atoms with E-state index in [4.69, 9.17) is 0 Å². The monoisotopic (exact) mass is 190 g/mol. The van der Waals surface area contributed by atoms with Gasteiger partial charge < -0.3 is 5.11 Å². The Labute approximate surface area is 83.6 Å². The second-order valence-corrected chi connectivity index (χ2v) is 3.98. The van der Waals surface area contributed by atoms with Gasteiger partial charge in [0, 0.05) is 5.56 Å². The summed E-state index contributed by atoms with van der Waals surface area (Å²) in [5.41, 5.74) is 0.970. The first-order chi connectivity index (χ1) is 6.74. The van der Waals surface area contributed by atoms with E-state index < -0.39 is 5.60 Å². The Morgan fingerprint density at radius 1 is 1.14 bits per heavy atom. The molecule has 0 saturated heterocycles. The van der Waals surface area contributed by atoms with Gasteiger partial charge in [-0.25, -0.2) is 0 Å². The Morgan fingerprint density at radius 3 is 2.21 bits per heavy atom. The van der Waals surface area contributed by atoms with Gasteiger partial charge >= 0.3 is 0 Å². The molecule has 74 valence electrons. The van der Waals surface area contributed by atoms with Gasteiger partial charge in [0.1, 0.15) is 6.29 Å². The predicted octanol–water partition coefficient (Wildman–Crippen LogP) is 2.26. The van der Waals surface area contributed by atoms with Crippen LogP contribution in [0.15, 0.2) is 24.3 Å². The summed E-state index contributed by atoms with van der Waals surface area (Å²) >= 11 is 0. The van der Waals surface area contributed by atoms with Crippen molar-refractivity contribution in [1.29, 1.82) is 0 Å². The molecule has 0 aromatic heterocycles. The van der Waals surface area contributed by atoms with Crippen LogP contribution in [0.25, 0.3) is 0 Å². The molecule has 0 bridgehead atoms. The summed E-state index contributed by atoms with van der Waals surface area (Å²) in [6.07, 6.45) is 4.68. The van der Waals surface area contributed by atoms with Gasteiger partial charge in [-0.3, -0.25) is 4.79 Å². The molecule has 0 unspecified atom stereocenters. The van der Waals surface area contributed by atoms with Gasteiger partial charge in [0.15, 0.2) is 0 Å². The molecule has 0 heterocycles. The predicted molar refractivity (Wildman–Crippen MR) is 54.2 cm³/mol. The molecular weight excluding hydrogens is 176 g/mol. The first-order valence-corrected chi connectivity index (χ1v) is 5.03. The van der Waals surface area contributed by atoms with Crippen LogP contribution in [-0.2, 0) is 5.60 Å². The minimum absolute atomic E-state index is 0.637. The molecule has 0 amide bonds. The van der Waals surface area contributed by atoms with Crippen molar-refractivity contribution in [3.63, 3.8) is 0 Å². The summed E-state index contributed by atoms with van der Waals surface area (Å²) in [5, 5.41) is 10.2. The SMILES string of the molecule is O=Cc1ccc(C2(O)CCCC2)cc1. The van der Waals surface area contributed by atoms with Crippen molar-refractivity contribution in [1.82, 2.24) is 0 Å². The molecule has 1 aromatic rings. The first-order valence-electron chi connectivity index (χ1n) is 5.03. The van der Waals surface area contributed by atoms with Crippen LogP contribution in [0.1, 0.15) is 41.6 Å². The fourth-order valence-electron chi connectivity index (χ4n) is 2.12. The minimum atomic E-state index is -0.637. The summed E-state index contributed by atoms with van der Waals surface area (Å²) in [6.45, 7) is 0. The van der Waals surface area contributed by atoms with E-state index in [-0.39, 0.29) is 0 Å². The highest BCUT2D eigenvalue weighted by molar-refractivity contribution is 5.74. The highest BCUT2D eigenvalue weighted by atomic mass is 16.3. The zero-order chi connectivity index (χ0) is 10.0. The fraction of sp³-hybridized carbons (Fsp3) is 0.417. The average Bonchev–Trinajstić information content (AvgIpc) is 2.67. The summed E-state index contributed by atoms with van der Waals surface area (Å²) in [4.78, 5) is 10.5. The van der Waals surface area contributed by atoms with Gasteiger partial charge in [-0.05, 0) is 18.4 Å². The maximum atomic E-state index is 10.5. The third kappa shape index (κ3) is 1.58. The minimum Gasteiger partial charge on any atom is -0.385 e. The Hall–Kier alpha value is -1.15. The normalized spacial score (nSPS) is 19.5. The molecule has 1 N–H and O–H groups in total. The maximum absolute atomic E-state index is 10.5. The van der Waals surface area contributed by atoms with Crippen LogP contribution in [0.4, 0.5) is 0 Å². The van der Waals surface area contributed by atoms with Crippen molar-refractivity contribution in [2.24, 2.45) is 0 Å². The molecule has 2 heteroatoms. The summed E-state index contributed by atoms with van der Waals surface area (Å²) < 4.78 is 0. The number of hydrogen-bond donors (Lipinski definition) is 1. The van der Waals surface area contributed by atoms with Crippen molar-refractivity contribution in [3.05, 3.63) is 35.4 Å². The van der Waals surface area contributed by atoms with Crippen molar-refractivity contribution >= 4 is 6.29 Å². The number of carbonyl (C=O) groups excluding carboxylic acids is 1. The second-order valence-electron chi connectivity index (χ2n) is 3.98. The number of carbonyl (C=O) groups is 1. The van der Waals surface area contributed by atoms with Crippen molar-refractivity contribution < 1.29 is 9.90 Å². The molecule has 1 saturated carbocycles. The molecule has 2 rings (SSSR count). The molecule has 14 heavy (non-hydrogen) atoms. The number of aliphatic hydroxyl groups is 1. The molecular formula is C12H14O2. The van der Waals surface area contributed by atoms with Crippen LogP contribution in [-0.4, -0.2) is 11.4 Å². The highest BCUT2D eigenvalue weighted by Crippen LogP contribution is 2.38. The summed E-state index contributed by atoms with van der Waals surface area (Å²) in [6, 6.07) is 7.24. The summed E-state index contributed by atoms with van der Waals surface area (Å²) in [5.74, 6) is 0. The molecule has 1 fully saturated rings. The van der Waals surface area contributed by atoms with Crippen LogP contribution in [0.5, 0.6) is 0 Å². The third-order valence-electron chi connectivity index (χ3n) is 3.01. The van der Waals surface area contributed by atoms with Crippen molar-refractivity contribution in [2.45, 2.75) is 31.3 Å². The fourth-order valence-corrected chi connectivity index (χ4v) is 2.12. The lowest BCUT2D eigenvalue weighted by Gasteiger charge is -2.22. The van der Waals surface area contributed by atoms with Gasteiger partial charge in [-0.15, -0.1) is 0 Å². The van der Waals surface area contributed by atoms with Gasteiger partial charge in [-0.1, -0.05) is 37.1 Å². The molecule has 1 aromatic carbocycles. The van der Waals surface area contributed by atoms with Crippen molar-refractivity contribution in [3.8, 4) is 0 Å². The molecule has 1 aliphatic rings. The second kappa shape index (κ2) is 3.54. The van der Waals surface area contributed by atoms with Crippen LogP contribution < -0.4 is 0 Å². The largest absolute Gasteiger partial charge is 0.385 e. The van der Waals surface area contributed by atoms with Gasteiger partial charge in [0.2, 0.25) is 0 Å². The van der Waals surface area contributed by atoms with Crippen LogP contribution in [0.3, 0.4) is 0 Å².